The first-order valence-electron chi connectivity index (χ1n) is 11.9. The first-order chi connectivity index (χ1) is 17.4. The number of amides is 3. The van der Waals surface area contributed by atoms with Crippen LogP contribution in [0.25, 0.3) is 11.3 Å². The number of imidazole rings is 1. The highest BCUT2D eigenvalue weighted by molar-refractivity contribution is 6.04. The van der Waals surface area contributed by atoms with Crippen LogP contribution in [0.5, 0.6) is 0 Å². The average Bonchev–Trinajstić information content (AvgIpc) is 3.25. The van der Waals surface area contributed by atoms with Crippen LogP contribution in [-0.4, -0.2) is 43.8 Å². The van der Waals surface area contributed by atoms with E-state index in [1.807, 2.05) is 13.0 Å². The highest BCUT2D eigenvalue weighted by atomic mass is 16.2. The van der Waals surface area contributed by atoms with Crippen LogP contribution in [0.3, 0.4) is 0 Å². The van der Waals surface area contributed by atoms with Crippen molar-refractivity contribution in [1.29, 1.82) is 0 Å². The Morgan fingerprint density at radius 2 is 1.92 bits per heavy atom. The molecule has 3 aromatic rings. The van der Waals surface area contributed by atoms with E-state index in [4.69, 9.17) is 11.6 Å². The van der Waals surface area contributed by atoms with E-state index in [2.05, 4.69) is 15.3 Å². The SMILES string of the molecule is CCC=CC(=O)N1CCCCC1c1nc(-c2ccc(C(=O)Nc3ccccn3)cc2)c(C(N)=O)n1N. The molecule has 0 bridgehead atoms. The third-order valence-corrected chi connectivity index (χ3v) is 6.08. The van der Waals surface area contributed by atoms with E-state index in [-0.39, 0.29) is 23.6 Å². The summed E-state index contributed by atoms with van der Waals surface area (Å²) >= 11 is 0. The molecule has 1 fully saturated rings. The molecule has 186 valence electrons. The zero-order chi connectivity index (χ0) is 25.7. The van der Waals surface area contributed by atoms with E-state index in [9.17, 15) is 14.4 Å². The van der Waals surface area contributed by atoms with Gasteiger partial charge in [0, 0.05) is 23.9 Å². The van der Waals surface area contributed by atoms with Gasteiger partial charge in [-0.2, -0.15) is 0 Å². The van der Waals surface area contributed by atoms with Gasteiger partial charge in [0.2, 0.25) is 5.91 Å². The lowest BCUT2D eigenvalue weighted by atomic mass is 10.0. The van der Waals surface area contributed by atoms with Gasteiger partial charge in [-0.15, -0.1) is 0 Å². The van der Waals surface area contributed by atoms with E-state index in [0.717, 1.165) is 19.3 Å². The van der Waals surface area contributed by atoms with Crippen molar-refractivity contribution in [2.24, 2.45) is 5.73 Å². The number of anilines is 1. The molecular formula is C26H29N7O3. The molecule has 1 unspecified atom stereocenters. The summed E-state index contributed by atoms with van der Waals surface area (Å²) in [5, 5.41) is 2.73. The number of hydrogen-bond acceptors (Lipinski definition) is 6. The van der Waals surface area contributed by atoms with Crippen molar-refractivity contribution in [2.75, 3.05) is 17.7 Å². The molecule has 0 spiro atoms. The molecule has 2 aromatic heterocycles. The molecule has 5 N–H and O–H groups in total. The molecule has 0 radical (unpaired) electrons. The fraction of sp³-hybridized carbons (Fsp3) is 0.269. The van der Waals surface area contributed by atoms with Gasteiger partial charge in [0.15, 0.2) is 11.5 Å². The minimum Gasteiger partial charge on any atom is -0.364 e. The lowest BCUT2D eigenvalue weighted by molar-refractivity contribution is -0.130. The van der Waals surface area contributed by atoms with Gasteiger partial charge in [-0.05, 0) is 56.0 Å². The maximum Gasteiger partial charge on any atom is 0.269 e. The van der Waals surface area contributed by atoms with Crippen molar-refractivity contribution in [2.45, 2.75) is 38.6 Å². The molecule has 1 aliphatic rings. The zero-order valence-corrected chi connectivity index (χ0v) is 20.1. The third kappa shape index (κ3) is 5.12. The number of carbonyl (C=O) groups is 3. The largest absolute Gasteiger partial charge is 0.364 e. The smallest absolute Gasteiger partial charge is 0.269 e. The number of nitrogen functional groups attached to an aromatic ring is 1. The Bertz CT molecular complexity index is 1280. The van der Waals surface area contributed by atoms with Gasteiger partial charge in [-0.25, -0.2) is 14.6 Å². The molecule has 3 amide bonds. The van der Waals surface area contributed by atoms with Crippen molar-refractivity contribution < 1.29 is 14.4 Å². The van der Waals surface area contributed by atoms with Gasteiger partial charge < -0.3 is 21.8 Å². The molecule has 0 aliphatic carbocycles. The molecule has 1 aliphatic heterocycles. The number of pyridine rings is 1. The number of allylic oxidation sites excluding steroid dienone is 1. The van der Waals surface area contributed by atoms with E-state index >= 15 is 0 Å². The Morgan fingerprint density at radius 3 is 2.58 bits per heavy atom. The number of piperidine rings is 1. The summed E-state index contributed by atoms with van der Waals surface area (Å²) in [6, 6.07) is 11.5. The first-order valence-corrected chi connectivity index (χ1v) is 11.9. The number of rotatable bonds is 7. The molecule has 36 heavy (non-hydrogen) atoms. The van der Waals surface area contributed by atoms with Crippen LogP contribution >= 0.6 is 0 Å². The van der Waals surface area contributed by atoms with Crippen LogP contribution in [-0.2, 0) is 4.79 Å². The second-order valence-corrected chi connectivity index (χ2v) is 8.50. The molecule has 10 heteroatoms. The van der Waals surface area contributed by atoms with E-state index in [1.54, 1.807) is 59.6 Å². The molecule has 10 nitrogen and oxygen atoms in total. The number of carbonyl (C=O) groups excluding carboxylic acids is 3. The standard InChI is InChI=1S/C26H29N7O3/c1-2-3-10-21(34)32-16-7-5-8-19(32)25-31-22(23(24(27)35)33(25)28)17-11-13-18(14-12-17)26(36)30-20-9-4-6-15-29-20/h3-4,6,9-15,19H,2,5,7-8,16,28H2,1H3,(H2,27,35)(H,29,30,36). The molecular weight excluding hydrogens is 458 g/mol. The third-order valence-electron chi connectivity index (χ3n) is 6.08. The topological polar surface area (TPSA) is 149 Å². The predicted molar refractivity (Wildman–Crippen MR) is 136 cm³/mol. The molecule has 0 saturated carbocycles. The van der Waals surface area contributed by atoms with Crippen LogP contribution in [0.15, 0.2) is 60.8 Å². The zero-order valence-electron chi connectivity index (χ0n) is 20.1. The number of likely N-dealkylation sites (tertiary alicyclic amines) is 1. The fourth-order valence-electron chi connectivity index (χ4n) is 4.30. The van der Waals surface area contributed by atoms with Crippen molar-refractivity contribution in [3.05, 3.63) is 77.9 Å². The number of aromatic nitrogens is 3. The summed E-state index contributed by atoms with van der Waals surface area (Å²) in [4.78, 5) is 48.3. The summed E-state index contributed by atoms with van der Waals surface area (Å²) < 4.78 is 1.19. The maximum atomic E-state index is 12.8. The number of primary amides is 1. The number of nitrogens with zero attached hydrogens (tertiary/aromatic N) is 4. The molecule has 4 rings (SSSR count). The first kappa shape index (κ1) is 24.6. The summed E-state index contributed by atoms with van der Waals surface area (Å²) in [7, 11) is 0. The highest BCUT2D eigenvalue weighted by Gasteiger charge is 2.33. The predicted octanol–water partition coefficient (Wildman–Crippen LogP) is 3.03. The molecule has 1 atom stereocenters. The Balaban J connectivity index is 1.65. The normalized spacial score (nSPS) is 15.7. The Kier molecular flexibility index (Phi) is 7.43. The van der Waals surface area contributed by atoms with Crippen LogP contribution in [0.1, 0.15) is 65.3 Å². The van der Waals surface area contributed by atoms with Gasteiger partial charge in [0.1, 0.15) is 11.5 Å². The highest BCUT2D eigenvalue weighted by Crippen LogP contribution is 2.33. The summed E-state index contributed by atoms with van der Waals surface area (Å²) in [6.45, 7) is 2.54. The van der Waals surface area contributed by atoms with Crippen LogP contribution in [0.4, 0.5) is 5.82 Å². The summed E-state index contributed by atoms with van der Waals surface area (Å²) in [5.74, 6) is 5.99. The maximum absolute atomic E-state index is 12.8. The summed E-state index contributed by atoms with van der Waals surface area (Å²) in [5.41, 5.74) is 7.00. The Hall–Kier alpha value is -4.47. The van der Waals surface area contributed by atoms with E-state index < -0.39 is 5.91 Å². The molecule has 1 saturated heterocycles. The summed E-state index contributed by atoms with van der Waals surface area (Å²) in [6.07, 6.45) is 8.17. The quantitative estimate of drug-likeness (QED) is 0.344. The average molecular weight is 488 g/mol. The fourth-order valence-corrected chi connectivity index (χ4v) is 4.30. The van der Waals surface area contributed by atoms with Crippen molar-refractivity contribution in [1.82, 2.24) is 19.5 Å². The van der Waals surface area contributed by atoms with E-state index in [1.165, 1.54) is 4.68 Å². The number of benzene rings is 1. The van der Waals surface area contributed by atoms with Gasteiger partial charge in [0.25, 0.3) is 11.8 Å². The van der Waals surface area contributed by atoms with Gasteiger partial charge in [-0.1, -0.05) is 31.2 Å². The second-order valence-electron chi connectivity index (χ2n) is 8.50. The monoisotopic (exact) mass is 487 g/mol. The minimum absolute atomic E-state index is 0.0396. The van der Waals surface area contributed by atoms with Crippen molar-refractivity contribution >= 4 is 23.5 Å². The van der Waals surface area contributed by atoms with Crippen molar-refractivity contribution in [3.8, 4) is 11.3 Å². The van der Waals surface area contributed by atoms with Crippen LogP contribution in [0.2, 0.25) is 0 Å². The number of nitrogens with two attached hydrogens (primary N) is 2. The minimum atomic E-state index is -0.734. The lowest BCUT2D eigenvalue weighted by Crippen LogP contribution is -2.40. The Labute approximate surface area is 209 Å². The van der Waals surface area contributed by atoms with Crippen LogP contribution < -0.4 is 16.9 Å². The Morgan fingerprint density at radius 1 is 1.14 bits per heavy atom. The van der Waals surface area contributed by atoms with Gasteiger partial charge >= 0.3 is 0 Å². The molecule has 3 heterocycles. The second kappa shape index (κ2) is 10.9. The van der Waals surface area contributed by atoms with E-state index in [0.29, 0.717) is 41.4 Å². The molecule has 1 aromatic carbocycles. The lowest BCUT2D eigenvalue weighted by Gasteiger charge is -2.34. The number of hydrogen-bond donors (Lipinski definition) is 3. The number of nitrogens with one attached hydrogen (secondary N) is 1. The van der Waals surface area contributed by atoms with Gasteiger partial charge in [0.05, 0.1) is 6.04 Å². The van der Waals surface area contributed by atoms with Gasteiger partial charge in [-0.3, -0.25) is 14.4 Å². The van der Waals surface area contributed by atoms with Crippen LogP contribution in [0, 0.1) is 0 Å². The van der Waals surface area contributed by atoms with Crippen molar-refractivity contribution in [3.63, 3.8) is 0 Å².